The van der Waals surface area contributed by atoms with E-state index in [4.69, 9.17) is 0 Å². The van der Waals surface area contributed by atoms with Crippen molar-refractivity contribution in [2.75, 3.05) is 6.54 Å². The Morgan fingerprint density at radius 2 is 2.31 bits per heavy atom. The van der Waals surface area contributed by atoms with Gasteiger partial charge < -0.3 is 5.32 Å². The summed E-state index contributed by atoms with van der Waals surface area (Å²) in [6.07, 6.45) is 5.53. The van der Waals surface area contributed by atoms with Gasteiger partial charge in [0.25, 0.3) is 0 Å². The van der Waals surface area contributed by atoms with E-state index in [9.17, 15) is 0 Å². The molecule has 1 N–H and O–H groups in total. The minimum atomic E-state index is 0.576. The predicted octanol–water partition coefficient (Wildman–Crippen LogP) is 3.27. The maximum atomic E-state index is 3.87. The fraction of sp³-hybridized carbons (Fsp3) is 0.467. The molecule has 0 saturated heterocycles. The molecule has 0 heterocycles. The van der Waals surface area contributed by atoms with Crippen LogP contribution in [-0.2, 0) is 6.42 Å². The number of hydrogen-bond acceptors (Lipinski definition) is 1. The Bertz CT molecular complexity index is 356. The molecule has 1 aliphatic rings. The van der Waals surface area contributed by atoms with E-state index in [1.165, 1.54) is 24.0 Å². The lowest BCUT2D eigenvalue weighted by molar-refractivity contribution is 0.402. The van der Waals surface area contributed by atoms with Crippen LogP contribution in [0.3, 0.4) is 0 Å². The molecule has 16 heavy (non-hydrogen) atoms. The average molecular weight is 215 g/mol. The molecule has 0 bridgehead atoms. The van der Waals surface area contributed by atoms with E-state index < -0.39 is 0 Å². The SMILES string of the molecule is C=CCC(NCCC)C1Cc2ccccc21. The van der Waals surface area contributed by atoms with Crippen molar-refractivity contribution in [2.24, 2.45) is 0 Å². The topological polar surface area (TPSA) is 12.0 Å². The number of fused-ring (bicyclic) bond motifs is 1. The third-order valence-electron chi connectivity index (χ3n) is 3.46. The Balaban J connectivity index is 2.03. The minimum Gasteiger partial charge on any atom is -0.313 e. The lowest BCUT2D eigenvalue weighted by atomic mass is 9.72. The highest BCUT2D eigenvalue weighted by molar-refractivity contribution is 5.41. The zero-order chi connectivity index (χ0) is 11.4. The first kappa shape index (κ1) is 11.4. The molecule has 1 aromatic rings. The Labute approximate surface area is 98.6 Å². The fourth-order valence-corrected chi connectivity index (χ4v) is 2.56. The van der Waals surface area contributed by atoms with E-state index in [2.05, 4.69) is 43.1 Å². The van der Waals surface area contributed by atoms with Gasteiger partial charge in [0.2, 0.25) is 0 Å². The second-order valence-corrected chi connectivity index (χ2v) is 4.59. The number of benzene rings is 1. The van der Waals surface area contributed by atoms with Crippen molar-refractivity contribution in [1.82, 2.24) is 5.32 Å². The maximum Gasteiger partial charge on any atom is 0.0173 e. The quantitative estimate of drug-likeness (QED) is 0.718. The predicted molar refractivity (Wildman–Crippen MR) is 69.8 cm³/mol. The number of nitrogens with one attached hydrogen (secondary N) is 1. The first-order valence-electron chi connectivity index (χ1n) is 6.29. The van der Waals surface area contributed by atoms with Gasteiger partial charge in [0.15, 0.2) is 0 Å². The van der Waals surface area contributed by atoms with Gasteiger partial charge >= 0.3 is 0 Å². The van der Waals surface area contributed by atoms with Crippen LogP contribution in [0.5, 0.6) is 0 Å². The summed E-state index contributed by atoms with van der Waals surface area (Å²) in [5, 5.41) is 3.64. The molecule has 0 amide bonds. The van der Waals surface area contributed by atoms with E-state index >= 15 is 0 Å². The molecule has 0 radical (unpaired) electrons. The van der Waals surface area contributed by atoms with E-state index in [-0.39, 0.29) is 0 Å². The lowest BCUT2D eigenvalue weighted by Crippen LogP contribution is -2.40. The van der Waals surface area contributed by atoms with Crippen molar-refractivity contribution in [1.29, 1.82) is 0 Å². The van der Waals surface area contributed by atoms with Crippen LogP contribution in [0.15, 0.2) is 36.9 Å². The summed E-state index contributed by atoms with van der Waals surface area (Å²) >= 11 is 0. The van der Waals surface area contributed by atoms with Gasteiger partial charge in [-0.15, -0.1) is 6.58 Å². The Morgan fingerprint density at radius 1 is 1.50 bits per heavy atom. The molecule has 1 aliphatic carbocycles. The number of rotatable bonds is 6. The van der Waals surface area contributed by atoms with Crippen LogP contribution < -0.4 is 5.32 Å². The Hall–Kier alpha value is -1.08. The van der Waals surface area contributed by atoms with Gasteiger partial charge in [0.1, 0.15) is 0 Å². The van der Waals surface area contributed by atoms with Crippen molar-refractivity contribution in [3.05, 3.63) is 48.0 Å². The third-order valence-corrected chi connectivity index (χ3v) is 3.46. The number of hydrogen-bond donors (Lipinski definition) is 1. The van der Waals surface area contributed by atoms with Gasteiger partial charge in [-0.1, -0.05) is 37.3 Å². The monoisotopic (exact) mass is 215 g/mol. The normalized spacial score (nSPS) is 19.7. The highest BCUT2D eigenvalue weighted by Gasteiger charge is 2.31. The first-order valence-corrected chi connectivity index (χ1v) is 6.29. The standard InChI is InChI=1S/C15H21N/c1-3-7-15(16-10-4-2)14-11-12-8-5-6-9-13(12)14/h3,5-6,8-9,14-16H,1,4,7,10-11H2,2H3. The molecule has 0 spiro atoms. The van der Waals surface area contributed by atoms with E-state index in [0.717, 1.165) is 13.0 Å². The van der Waals surface area contributed by atoms with Crippen LogP contribution in [0.25, 0.3) is 0 Å². The molecule has 2 atom stereocenters. The van der Waals surface area contributed by atoms with Crippen molar-refractivity contribution in [3.63, 3.8) is 0 Å². The smallest absolute Gasteiger partial charge is 0.0173 e. The fourth-order valence-electron chi connectivity index (χ4n) is 2.56. The molecule has 2 rings (SSSR count). The third kappa shape index (κ3) is 2.19. The Kier molecular flexibility index (Phi) is 3.79. The minimum absolute atomic E-state index is 0.576. The summed E-state index contributed by atoms with van der Waals surface area (Å²) < 4.78 is 0. The highest BCUT2D eigenvalue weighted by atomic mass is 14.9. The van der Waals surface area contributed by atoms with Crippen molar-refractivity contribution in [3.8, 4) is 0 Å². The molecule has 1 heteroatoms. The van der Waals surface area contributed by atoms with E-state index in [1.807, 2.05) is 6.08 Å². The highest BCUT2D eigenvalue weighted by Crippen LogP contribution is 2.38. The molecule has 2 unspecified atom stereocenters. The maximum absolute atomic E-state index is 3.87. The van der Waals surface area contributed by atoms with E-state index in [1.54, 1.807) is 0 Å². The summed E-state index contributed by atoms with van der Waals surface area (Å²) in [6, 6.07) is 9.38. The van der Waals surface area contributed by atoms with Gasteiger partial charge in [-0.3, -0.25) is 0 Å². The van der Waals surface area contributed by atoms with Crippen molar-refractivity contribution < 1.29 is 0 Å². The van der Waals surface area contributed by atoms with Gasteiger partial charge in [0, 0.05) is 12.0 Å². The Morgan fingerprint density at radius 3 is 3.00 bits per heavy atom. The van der Waals surface area contributed by atoms with Crippen LogP contribution in [0, 0.1) is 0 Å². The zero-order valence-corrected chi connectivity index (χ0v) is 10.1. The second-order valence-electron chi connectivity index (χ2n) is 4.59. The summed E-state index contributed by atoms with van der Waals surface area (Å²) in [4.78, 5) is 0. The van der Waals surface area contributed by atoms with Crippen LogP contribution in [0.1, 0.15) is 36.8 Å². The van der Waals surface area contributed by atoms with Crippen LogP contribution in [0.2, 0.25) is 0 Å². The van der Waals surface area contributed by atoms with Gasteiger partial charge in [-0.25, -0.2) is 0 Å². The van der Waals surface area contributed by atoms with Gasteiger partial charge in [-0.05, 0) is 36.9 Å². The van der Waals surface area contributed by atoms with Gasteiger partial charge in [0.05, 0.1) is 0 Å². The zero-order valence-electron chi connectivity index (χ0n) is 10.1. The van der Waals surface area contributed by atoms with Crippen LogP contribution >= 0.6 is 0 Å². The second kappa shape index (κ2) is 5.31. The molecule has 0 aromatic heterocycles. The molecular formula is C15H21N. The lowest BCUT2D eigenvalue weighted by Gasteiger charge is -2.36. The molecule has 1 aromatic carbocycles. The molecule has 0 saturated carbocycles. The van der Waals surface area contributed by atoms with Gasteiger partial charge in [-0.2, -0.15) is 0 Å². The van der Waals surface area contributed by atoms with Crippen LogP contribution in [0.4, 0.5) is 0 Å². The summed E-state index contributed by atoms with van der Waals surface area (Å²) in [5.41, 5.74) is 3.07. The van der Waals surface area contributed by atoms with Crippen molar-refractivity contribution >= 4 is 0 Å². The van der Waals surface area contributed by atoms with E-state index in [0.29, 0.717) is 12.0 Å². The molecule has 0 aliphatic heterocycles. The molecular weight excluding hydrogens is 194 g/mol. The van der Waals surface area contributed by atoms with Crippen LogP contribution in [-0.4, -0.2) is 12.6 Å². The largest absolute Gasteiger partial charge is 0.313 e. The summed E-state index contributed by atoms with van der Waals surface area (Å²) in [6.45, 7) is 7.19. The summed E-state index contributed by atoms with van der Waals surface area (Å²) in [7, 11) is 0. The first-order chi connectivity index (χ1) is 7.86. The molecule has 0 fully saturated rings. The van der Waals surface area contributed by atoms with Crippen molar-refractivity contribution in [2.45, 2.75) is 38.1 Å². The molecule has 86 valence electrons. The average Bonchev–Trinajstić information content (AvgIpc) is 2.27. The molecule has 1 nitrogen and oxygen atoms in total. The summed E-state index contributed by atoms with van der Waals surface area (Å²) in [5.74, 6) is 0.695.